The van der Waals surface area contributed by atoms with Gasteiger partial charge in [0.2, 0.25) is 0 Å². The number of rotatable bonds is 8. The van der Waals surface area contributed by atoms with Gasteiger partial charge >= 0.3 is 6.09 Å². The molecule has 46 heavy (non-hydrogen) atoms. The zero-order valence-corrected chi connectivity index (χ0v) is 26.4. The first-order valence-corrected chi connectivity index (χ1v) is 14.5. The second-order valence-electron chi connectivity index (χ2n) is 12.4. The highest BCUT2D eigenvalue weighted by molar-refractivity contribution is 6.14. The lowest BCUT2D eigenvalue weighted by Crippen LogP contribution is -2.40. The highest BCUT2D eigenvalue weighted by atomic mass is 16.6. The number of fused-ring (bicyclic) bond motifs is 1. The molecule has 0 spiro atoms. The van der Waals surface area contributed by atoms with E-state index in [-0.39, 0.29) is 46.0 Å². The molecule has 0 bridgehead atoms. The third-order valence-corrected chi connectivity index (χ3v) is 7.01. The second kappa shape index (κ2) is 12.3. The van der Waals surface area contributed by atoms with Crippen LogP contribution in [0.25, 0.3) is 11.1 Å². The summed E-state index contributed by atoms with van der Waals surface area (Å²) in [5.74, 6) is -1.88. The Labute approximate surface area is 264 Å². The minimum atomic E-state index is -0.818. The average molecular weight is 626 g/mol. The predicted molar refractivity (Wildman–Crippen MR) is 171 cm³/mol. The van der Waals surface area contributed by atoms with Gasteiger partial charge in [-0.15, -0.1) is 5.10 Å². The van der Waals surface area contributed by atoms with Gasteiger partial charge in [-0.3, -0.25) is 19.1 Å². The van der Waals surface area contributed by atoms with Crippen LogP contribution >= 0.6 is 0 Å². The molecule has 3 heterocycles. The Morgan fingerprint density at radius 2 is 1.57 bits per heavy atom. The maximum absolute atomic E-state index is 13.6. The Morgan fingerprint density at radius 1 is 0.870 bits per heavy atom. The molecule has 0 fully saturated rings. The summed E-state index contributed by atoms with van der Waals surface area (Å²) >= 11 is 0. The van der Waals surface area contributed by atoms with Gasteiger partial charge in [-0.25, -0.2) is 4.79 Å². The van der Waals surface area contributed by atoms with Crippen molar-refractivity contribution in [2.75, 3.05) is 17.2 Å². The van der Waals surface area contributed by atoms with Crippen LogP contribution in [0, 0.1) is 5.41 Å². The van der Waals surface area contributed by atoms with E-state index in [9.17, 15) is 19.2 Å². The van der Waals surface area contributed by atoms with Crippen LogP contribution in [0.3, 0.4) is 0 Å². The molecule has 0 atom stereocenters. The molecule has 0 unspecified atom stereocenters. The van der Waals surface area contributed by atoms with Gasteiger partial charge in [0, 0.05) is 19.3 Å². The molecule has 3 amide bonds. The van der Waals surface area contributed by atoms with Gasteiger partial charge in [-0.1, -0.05) is 63.2 Å². The summed E-state index contributed by atoms with van der Waals surface area (Å²) in [4.78, 5) is 52.9. The van der Waals surface area contributed by atoms with Crippen molar-refractivity contribution in [3.63, 3.8) is 0 Å². The fraction of sp³-hybridized carbons (Fsp3) is 0.273. The van der Waals surface area contributed by atoms with Gasteiger partial charge in [0.1, 0.15) is 11.2 Å². The Kier molecular flexibility index (Phi) is 8.51. The summed E-state index contributed by atoms with van der Waals surface area (Å²) in [6.45, 7) is 9.52. The minimum Gasteiger partial charge on any atom is -0.447 e. The van der Waals surface area contributed by atoms with Crippen LogP contribution in [-0.4, -0.2) is 50.0 Å². The normalized spacial score (nSPS) is 11.7. The van der Waals surface area contributed by atoms with Crippen LogP contribution in [0.4, 0.5) is 16.3 Å². The van der Waals surface area contributed by atoms with Crippen molar-refractivity contribution < 1.29 is 28.3 Å². The number of amides is 3. The lowest BCUT2D eigenvalue weighted by atomic mass is 9.94. The van der Waals surface area contributed by atoms with Crippen molar-refractivity contribution in [2.45, 2.75) is 40.2 Å². The topological polar surface area (TPSA) is 162 Å². The van der Waals surface area contributed by atoms with E-state index in [1.807, 2.05) is 65.0 Å². The molecular formula is C33H35N7O6. The molecule has 238 valence electrons. The summed E-state index contributed by atoms with van der Waals surface area (Å²) in [6.07, 6.45) is 0.670. The molecule has 2 aromatic carbocycles. The number of nitrogens with zero attached hydrogens (tertiary/aromatic N) is 4. The Bertz CT molecular complexity index is 1930. The standard InChI is InChI=1S/C33H35N7O6/c1-32(2,3)19-45-31(44)40-24-18-25(30(43)37-33(4,5)20-12-8-7-9-13-20)46-26(24)27(38-40)36-28(41)21-14-10-11-15-22(21)35-29(42)23-16-17-34-39(23)6/h7-18H,19H2,1-6H3,(H,35,42)(H,37,43)(H,36,38,41). The Morgan fingerprint density at radius 3 is 2.24 bits per heavy atom. The van der Waals surface area contributed by atoms with E-state index in [4.69, 9.17) is 9.15 Å². The molecule has 3 N–H and O–H groups in total. The number of carbonyl (C=O) groups excluding carboxylic acids is 4. The number of aryl methyl sites for hydroxylation is 1. The fourth-order valence-electron chi connectivity index (χ4n) is 4.60. The maximum Gasteiger partial charge on any atom is 0.435 e. The van der Waals surface area contributed by atoms with Gasteiger partial charge in [0.15, 0.2) is 17.2 Å². The largest absolute Gasteiger partial charge is 0.447 e. The van der Waals surface area contributed by atoms with Crippen molar-refractivity contribution in [2.24, 2.45) is 12.5 Å². The van der Waals surface area contributed by atoms with Crippen LogP contribution in [0.5, 0.6) is 0 Å². The first kappa shape index (κ1) is 31.7. The third-order valence-electron chi connectivity index (χ3n) is 7.01. The summed E-state index contributed by atoms with van der Waals surface area (Å²) in [7, 11) is 1.63. The summed E-state index contributed by atoms with van der Waals surface area (Å²) in [5, 5.41) is 16.6. The predicted octanol–water partition coefficient (Wildman–Crippen LogP) is 5.56. The molecule has 5 aromatic rings. The smallest absolute Gasteiger partial charge is 0.435 e. The second-order valence-corrected chi connectivity index (χ2v) is 12.4. The number of anilines is 2. The molecular weight excluding hydrogens is 590 g/mol. The molecule has 0 aliphatic rings. The number of carbonyl (C=O) groups is 4. The van der Waals surface area contributed by atoms with E-state index < -0.39 is 29.4 Å². The number of para-hydroxylation sites is 1. The van der Waals surface area contributed by atoms with Crippen LogP contribution in [0.2, 0.25) is 0 Å². The highest BCUT2D eigenvalue weighted by Crippen LogP contribution is 2.30. The van der Waals surface area contributed by atoms with E-state index in [2.05, 4.69) is 26.1 Å². The fourth-order valence-corrected chi connectivity index (χ4v) is 4.60. The maximum atomic E-state index is 13.6. The quantitative estimate of drug-likeness (QED) is 0.202. The molecule has 0 radical (unpaired) electrons. The third kappa shape index (κ3) is 6.83. The number of aromatic nitrogens is 4. The summed E-state index contributed by atoms with van der Waals surface area (Å²) < 4.78 is 13.7. The lowest BCUT2D eigenvalue weighted by molar-refractivity contribution is 0.0884. The number of nitrogens with one attached hydrogen (secondary N) is 3. The summed E-state index contributed by atoms with van der Waals surface area (Å²) in [6, 6.07) is 18.7. The number of ether oxygens (including phenoxy) is 1. The number of benzene rings is 2. The van der Waals surface area contributed by atoms with E-state index >= 15 is 0 Å². The van der Waals surface area contributed by atoms with Crippen molar-refractivity contribution in [1.82, 2.24) is 24.9 Å². The minimum absolute atomic E-state index is 0.0138. The van der Waals surface area contributed by atoms with Crippen molar-refractivity contribution >= 4 is 46.4 Å². The van der Waals surface area contributed by atoms with Crippen molar-refractivity contribution in [1.29, 1.82) is 0 Å². The zero-order chi connectivity index (χ0) is 33.2. The first-order valence-electron chi connectivity index (χ1n) is 14.5. The molecule has 0 aliphatic heterocycles. The highest BCUT2D eigenvalue weighted by Gasteiger charge is 2.29. The molecule has 5 rings (SSSR count). The van der Waals surface area contributed by atoms with Crippen LogP contribution in [0.1, 0.15) is 71.6 Å². The van der Waals surface area contributed by atoms with E-state index in [1.165, 1.54) is 23.0 Å². The Balaban J connectivity index is 1.46. The SMILES string of the molecule is Cn1nccc1C(=O)Nc1ccccc1C(=O)Nc1nn(C(=O)OCC(C)(C)C)c2cc(C(=O)NC(C)(C)c3ccccc3)oc12. The van der Waals surface area contributed by atoms with Gasteiger partial charge < -0.3 is 25.1 Å². The first-order chi connectivity index (χ1) is 21.7. The molecule has 13 heteroatoms. The summed E-state index contributed by atoms with van der Waals surface area (Å²) in [5.41, 5.74) is 0.539. The molecule has 3 aromatic heterocycles. The van der Waals surface area contributed by atoms with Crippen LogP contribution in [0.15, 0.2) is 77.3 Å². The van der Waals surface area contributed by atoms with E-state index in [1.54, 1.807) is 31.3 Å². The molecule has 0 aliphatic carbocycles. The zero-order valence-electron chi connectivity index (χ0n) is 26.4. The molecule has 0 saturated carbocycles. The molecule has 13 nitrogen and oxygen atoms in total. The number of furan rings is 1. The van der Waals surface area contributed by atoms with Crippen molar-refractivity contribution in [3.8, 4) is 0 Å². The van der Waals surface area contributed by atoms with E-state index in [0.717, 1.165) is 10.2 Å². The van der Waals surface area contributed by atoms with Gasteiger partial charge in [0.05, 0.1) is 23.4 Å². The number of hydrogen-bond donors (Lipinski definition) is 3. The number of hydrogen-bond acceptors (Lipinski definition) is 8. The molecule has 0 saturated heterocycles. The van der Waals surface area contributed by atoms with E-state index in [0.29, 0.717) is 5.69 Å². The van der Waals surface area contributed by atoms with Gasteiger partial charge in [0.25, 0.3) is 17.7 Å². The Hall–Kier alpha value is -5.72. The van der Waals surface area contributed by atoms with Crippen LogP contribution < -0.4 is 16.0 Å². The monoisotopic (exact) mass is 625 g/mol. The van der Waals surface area contributed by atoms with Crippen molar-refractivity contribution in [3.05, 3.63) is 95.5 Å². The average Bonchev–Trinajstić information content (AvgIpc) is 3.72. The van der Waals surface area contributed by atoms with Gasteiger partial charge in [-0.05, 0) is 43.0 Å². The van der Waals surface area contributed by atoms with Gasteiger partial charge in [-0.2, -0.15) is 9.78 Å². The van der Waals surface area contributed by atoms with Crippen LogP contribution in [-0.2, 0) is 17.3 Å². The lowest BCUT2D eigenvalue weighted by Gasteiger charge is -2.26.